The van der Waals surface area contributed by atoms with E-state index in [0.717, 1.165) is 26.4 Å². The minimum atomic E-state index is -2.89. The number of esters is 2. The Bertz CT molecular complexity index is 815. The normalized spacial score (nSPS) is 16.3. The Morgan fingerprint density at radius 2 is 1.89 bits per heavy atom. The van der Waals surface area contributed by atoms with Crippen molar-refractivity contribution >= 4 is 29.0 Å². The summed E-state index contributed by atoms with van der Waals surface area (Å²) in [5.74, 6) is -4.90. The molecular formula is C16H16F2N2O7. The Morgan fingerprint density at radius 3 is 2.37 bits per heavy atom. The van der Waals surface area contributed by atoms with Gasteiger partial charge in [0.1, 0.15) is 11.8 Å². The van der Waals surface area contributed by atoms with Gasteiger partial charge in [-0.15, -0.1) is 0 Å². The number of nitrogens with zero attached hydrogens (tertiary/aromatic N) is 2. The van der Waals surface area contributed by atoms with Crippen molar-refractivity contribution in [3.8, 4) is 5.75 Å². The molecule has 0 bridgehead atoms. The van der Waals surface area contributed by atoms with Crippen molar-refractivity contribution in [3.05, 3.63) is 27.8 Å². The maximum absolute atomic E-state index is 13.1. The van der Waals surface area contributed by atoms with E-state index in [-0.39, 0.29) is 22.7 Å². The molecule has 1 aromatic rings. The van der Waals surface area contributed by atoms with Crippen LogP contribution >= 0.6 is 0 Å². The molecular weight excluding hydrogens is 370 g/mol. The van der Waals surface area contributed by atoms with Gasteiger partial charge in [0.2, 0.25) is 0 Å². The topological polar surface area (TPSA) is 117 Å². The average molecular weight is 386 g/mol. The Kier molecular flexibility index (Phi) is 5.72. The van der Waals surface area contributed by atoms with Gasteiger partial charge in [0, 0.05) is 18.9 Å². The summed E-state index contributed by atoms with van der Waals surface area (Å²) in [6, 6.07) is 2.00. The molecule has 11 heteroatoms. The Morgan fingerprint density at radius 1 is 1.26 bits per heavy atom. The number of halogens is 2. The zero-order valence-corrected chi connectivity index (χ0v) is 14.7. The fourth-order valence-corrected chi connectivity index (χ4v) is 2.40. The highest BCUT2D eigenvalue weighted by Crippen LogP contribution is 2.44. The maximum atomic E-state index is 13.1. The van der Waals surface area contributed by atoms with Gasteiger partial charge in [-0.05, 0) is 13.0 Å². The molecule has 9 nitrogen and oxygen atoms in total. The second-order valence-electron chi connectivity index (χ2n) is 5.78. The Labute approximate surface area is 152 Å². The van der Waals surface area contributed by atoms with Gasteiger partial charge >= 0.3 is 11.9 Å². The van der Waals surface area contributed by atoms with Gasteiger partial charge in [0.15, 0.2) is 11.4 Å². The number of methoxy groups -OCH3 is 2. The standard InChI is InChI=1S/C16H16F2N2O7/c1-8(14(21)25-2)19-13-11(20(23)24)4-9(15(22)26-3)5-12(13)27-10-6-16(17,18)7-10/h4-5,10H,6-7H2,1-3H3. The first-order chi connectivity index (χ1) is 12.6. The minimum absolute atomic E-state index is 0.222. The zero-order valence-electron chi connectivity index (χ0n) is 14.7. The molecule has 0 saturated heterocycles. The third kappa shape index (κ3) is 4.54. The Hall–Kier alpha value is -3.11. The van der Waals surface area contributed by atoms with Crippen LogP contribution in [0, 0.1) is 10.1 Å². The molecule has 1 saturated carbocycles. The van der Waals surface area contributed by atoms with E-state index < -0.39 is 47.4 Å². The van der Waals surface area contributed by atoms with Crippen molar-refractivity contribution < 1.29 is 37.5 Å². The van der Waals surface area contributed by atoms with Crippen molar-refractivity contribution in [3.63, 3.8) is 0 Å². The van der Waals surface area contributed by atoms with Crippen LogP contribution in [0.4, 0.5) is 20.2 Å². The van der Waals surface area contributed by atoms with Crippen LogP contribution < -0.4 is 4.74 Å². The lowest BCUT2D eigenvalue weighted by molar-refractivity contribution is -0.384. The summed E-state index contributed by atoms with van der Waals surface area (Å²) in [6.07, 6.45) is -2.08. The molecule has 146 valence electrons. The predicted octanol–water partition coefficient (Wildman–Crippen LogP) is 2.82. The third-order valence-electron chi connectivity index (χ3n) is 3.78. The molecule has 0 spiro atoms. The third-order valence-corrected chi connectivity index (χ3v) is 3.78. The molecule has 0 atom stereocenters. The van der Waals surface area contributed by atoms with Gasteiger partial charge < -0.3 is 14.2 Å². The van der Waals surface area contributed by atoms with Crippen molar-refractivity contribution in [2.24, 2.45) is 4.99 Å². The first kappa shape index (κ1) is 20.2. The number of benzene rings is 1. The van der Waals surface area contributed by atoms with Crippen LogP contribution in [0.25, 0.3) is 0 Å². The molecule has 0 radical (unpaired) electrons. The number of ether oxygens (including phenoxy) is 3. The number of hydrogen-bond donors (Lipinski definition) is 0. The van der Waals surface area contributed by atoms with Crippen LogP contribution in [0.1, 0.15) is 30.1 Å². The smallest absolute Gasteiger partial charge is 0.352 e. The highest BCUT2D eigenvalue weighted by molar-refractivity contribution is 6.36. The maximum Gasteiger partial charge on any atom is 0.352 e. The fourth-order valence-electron chi connectivity index (χ4n) is 2.40. The largest absolute Gasteiger partial charge is 0.487 e. The zero-order chi connectivity index (χ0) is 20.4. The molecule has 0 unspecified atom stereocenters. The Balaban J connectivity index is 2.57. The predicted molar refractivity (Wildman–Crippen MR) is 87.8 cm³/mol. The van der Waals surface area contributed by atoms with Crippen LogP contribution in [0.2, 0.25) is 0 Å². The van der Waals surface area contributed by atoms with Crippen LogP contribution in [0.3, 0.4) is 0 Å². The summed E-state index contributed by atoms with van der Waals surface area (Å²) < 4.78 is 40.6. The van der Waals surface area contributed by atoms with E-state index in [9.17, 15) is 28.5 Å². The first-order valence-corrected chi connectivity index (χ1v) is 7.67. The number of aliphatic imine (C=N–C) groups is 1. The molecule has 0 aliphatic heterocycles. The fraction of sp³-hybridized carbons (Fsp3) is 0.438. The minimum Gasteiger partial charge on any atom is -0.487 e. The highest BCUT2D eigenvalue weighted by atomic mass is 19.3. The van der Waals surface area contributed by atoms with Gasteiger partial charge in [0.25, 0.3) is 11.6 Å². The second kappa shape index (κ2) is 7.64. The van der Waals surface area contributed by atoms with Crippen LogP contribution in [0.5, 0.6) is 5.75 Å². The molecule has 0 amide bonds. The van der Waals surface area contributed by atoms with Crippen molar-refractivity contribution in [2.45, 2.75) is 31.8 Å². The van der Waals surface area contributed by atoms with E-state index >= 15 is 0 Å². The molecule has 0 heterocycles. The molecule has 1 aliphatic rings. The van der Waals surface area contributed by atoms with Crippen molar-refractivity contribution in [1.82, 2.24) is 0 Å². The van der Waals surface area contributed by atoms with Crippen LogP contribution in [0.15, 0.2) is 17.1 Å². The number of rotatable bonds is 6. The lowest BCUT2D eigenvalue weighted by Gasteiger charge is -2.35. The summed E-state index contributed by atoms with van der Waals surface area (Å²) in [7, 11) is 2.18. The lowest BCUT2D eigenvalue weighted by Crippen LogP contribution is -2.43. The number of hydrogen-bond acceptors (Lipinski definition) is 8. The van der Waals surface area contributed by atoms with Gasteiger partial charge in [0.05, 0.1) is 24.7 Å². The van der Waals surface area contributed by atoms with E-state index in [0.29, 0.717) is 0 Å². The van der Waals surface area contributed by atoms with E-state index in [1.165, 1.54) is 6.92 Å². The SMILES string of the molecule is COC(=O)C(C)=Nc1c(OC2CC(F)(F)C2)cc(C(=O)OC)cc1[N+](=O)[O-]. The molecule has 27 heavy (non-hydrogen) atoms. The van der Waals surface area contributed by atoms with Crippen molar-refractivity contribution in [2.75, 3.05) is 14.2 Å². The number of carbonyl (C=O) groups is 2. The van der Waals surface area contributed by atoms with Gasteiger partial charge in [-0.1, -0.05) is 0 Å². The summed E-state index contributed by atoms with van der Waals surface area (Å²) in [5, 5.41) is 11.4. The van der Waals surface area contributed by atoms with Gasteiger partial charge in [-0.2, -0.15) is 0 Å². The van der Waals surface area contributed by atoms with Crippen LogP contribution in [-0.2, 0) is 14.3 Å². The number of nitro benzene ring substituents is 1. The molecule has 1 aliphatic carbocycles. The summed E-state index contributed by atoms with van der Waals surface area (Å²) >= 11 is 0. The average Bonchev–Trinajstić information content (AvgIpc) is 2.59. The first-order valence-electron chi connectivity index (χ1n) is 7.67. The number of alkyl halides is 2. The summed E-state index contributed by atoms with van der Waals surface area (Å²) in [4.78, 5) is 37.8. The van der Waals surface area contributed by atoms with Gasteiger partial charge in [-0.25, -0.2) is 23.4 Å². The van der Waals surface area contributed by atoms with E-state index in [2.05, 4.69) is 14.5 Å². The molecule has 1 fully saturated rings. The van der Waals surface area contributed by atoms with Crippen molar-refractivity contribution in [1.29, 1.82) is 0 Å². The van der Waals surface area contributed by atoms with Gasteiger partial charge in [-0.3, -0.25) is 10.1 Å². The molecule has 2 rings (SSSR count). The monoisotopic (exact) mass is 386 g/mol. The second-order valence-corrected chi connectivity index (χ2v) is 5.78. The lowest BCUT2D eigenvalue weighted by atomic mass is 9.91. The van der Waals surface area contributed by atoms with E-state index in [1.807, 2.05) is 0 Å². The summed E-state index contributed by atoms with van der Waals surface area (Å²) in [5.41, 5.74) is -1.48. The molecule has 1 aromatic carbocycles. The molecule has 0 N–H and O–H groups in total. The van der Waals surface area contributed by atoms with Crippen LogP contribution in [-0.4, -0.2) is 48.8 Å². The molecule has 0 aromatic heterocycles. The summed E-state index contributed by atoms with van der Waals surface area (Å²) in [6.45, 7) is 1.26. The number of nitro groups is 1. The van der Waals surface area contributed by atoms with E-state index in [4.69, 9.17) is 4.74 Å². The quantitative estimate of drug-likeness (QED) is 0.319. The van der Waals surface area contributed by atoms with E-state index in [1.54, 1.807) is 0 Å². The number of carbonyl (C=O) groups excluding carboxylic acids is 2. The highest BCUT2D eigenvalue weighted by Gasteiger charge is 2.47.